The SMILES string of the molecule is CN(Cc1ccccc1NC(=O)CCN)C1CCCCC1.Cl.Cl. The van der Waals surface area contributed by atoms with Gasteiger partial charge in [0.2, 0.25) is 5.91 Å². The molecule has 0 aliphatic heterocycles. The van der Waals surface area contributed by atoms with Crippen molar-refractivity contribution in [2.75, 3.05) is 18.9 Å². The maximum absolute atomic E-state index is 11.7. The van der Waals surface area contributed by atoms with Crippen LogP contribution in [-0.4, -0.2) is 30.4 Å². The molecule has 1 aromatic carbocycles. The molecule has 1 aliphatic rings. The first kappa shape index (κ1) is 22.2. The molecule has 132 valence electrons. The van der Waals surface area contributed by atoms with E-state index in [9.17, 15) is 4.79 Å². The van der Waals surface area contributed by atoms with Crippen molar-refractivity contribution in [1.82, 2.24) is 4.90 Å². The second-order valence-electron chi connectivity index (χ2n) is 5.95. The van der Waals surface area contributed by atoms with Crippen LogP contribution in [0.4, 0.5) is 5.69 Å². The third-order valence-corrected chi connectivity index (χ3v) is 4.28. The first-order valence-electron chi connectivity index (χ1n) is 7.98. The van der Waals surface area contributed by atoms with Crippen LogP contribution in [0.25, 0.3) is 0 Å². The molecule has 1 saturated carbocycles. The van der Waals surface area contributed by atoms with E-state index in [-0.39, 0.29) is 30.7 Å². The number of rotatable bonds is 6. The average molecular weight is 362 g/mol. The van der Waals surface area contributed by atoms with Gasteiger partial charge in [0.05, 0.1) is 0 Å². The molecule has 6 heteroatoms. The smallest absolute Gasteiger partial charge is 0.225 e. The minimum atomic E-state index is -0.00901. The number of hydrogen-bond donors (Lipinski definition) is 2. The number of hydrogen-bond acceptors (Lipinski definition) is 3. The standard InChI is InChI=1S/C17H27N3O.2ClH/c1-20(15-8-3-2-4-9-15)13-14-7-5-6-10-16(14)19-17(21)11-12-18;;/h5-7,10,15H,2-4,8-9,11-13,18H2,1H3,(H,19,21);2*1H. The third kappa shape index (κ3) is 7.08. The number of anilines is 1. The molecule has 3 N–H and O–H groups in total. The summed E-state index contributed by atoms with van der Waals surface area (Å²) in [5, 5.41) is 2.97. The van der Waals surface area contributed by atoms with Crippen LogP contribution in [0, 0.1) is 0 Å². The van der Waals surface area contributed by atoms with E-state index in [1.807, 2.05) is 18.2 Å². The van der Waals surface area contributed by atoms with Gasteiger partial charge in [0.15, 0.2) is 0 Å². The van der Waals surface area contributed by atoms with Crippen LogP contribution in [-0.2, 0) is 11.3 Å². The van der Waals surface area contributed by atoms with E-state index in [1.54, 1.807) is 0 Å². The molecule has 1 aliphatic carbocycles. The lowest BCUT2D eigenvalue weighted by Crippen LogP contribution is -2.33. The highest BCUT2D eigenvalue weighted by molar-refractivity contribution is 5.91. The Morgan fingerprint density at radius 3 is 2.52 bits per heavy atom. The zero-order valence-electron chi connectivity index (χ0n) is 13.8. The predicted molar refractivity (Wildman–Crippen MR) is 102 cm³/mol. The van der Waals surface area contributed by atoms with Gasteiger partial charge in [-0.1, -0.05) is 37.5 Å². The summed E-state index contributed by atoms with van der Waals surface area (Å²) in [5.41, 5.74) is 7.52. The van der Waals surface area contributed by atoms with Gasteiger partial charge in [-0.3, -0.25) is 9.69 Å². The first-order chi connectivity index (χ1) is 10.2. The zero-order chi connectivity index (χ0) is 15.1. The van der Waals surface area contributed by atoms with Gasteiger partial charge in [-0.2, -0.15) is 0 Å². The molecule has 0 atom stereocenters. The summed E-state index contributed by atoms with van der Waals surface area (Å²) in [4.78, 5) is 14.2. The Morgan fingerprint density at radius 2 is 1.87 bits per heavy atom. The maximum atomic E-state index is 11.7. The fraction of sp³-hybridized carbons (Fsp3) is 0.588. The number of nitrogens with two attached hydrogens (primary N) is 1. The lowest BCUT2D eigenvalue weighted by molar-refractivity contribution is -0.116. The molecule has 0 aromatic heterocycles. The number of nitrogens with one attached hydrogen (secondary N) is 1. The van der Waals surface area contributed by atoms with Gasteiger partial charge in [-0.15, -0.1) is 24.8 Å². The van der Waals surface area contributed by atoms with E-state index in [0.717, 1.165) is 12.2 Å². The number of carbonyl (C=O) groups excluding carboxylic acids is 1. The van der Waals surface area contributed by atoms with Gasteiger partial charge in [-0.25, -0.2) is 0 Å². The minimum Gasteiger partial charge on any atom is -0.330 e. The zero-order valence-corrected chi connectivity index (χ0v) is 15.4. The van der Waals surface area contributed by atoms with E-state index in [0.29, 0.717) is 19.0 Å². The molecule has 0 bridgehead atoms. The van der Waals surface area contributed by atoms with Crippen molar-refractivity contribution in [3.63, 3.8) is 0 Å². The Hall–Kier alpha value is -0.810. The summed E-state index contributed by atoms with van der Waals surface area (Å²) >= 11 is 0. The van der Waals surface area contributed by atoms with Gasteiger partial charge < -0.3 is 11.1 Å². The van der Waals surface area contributed by atoms with E-state index in [2.05, 4.69) is 23.3 Å². The normalized spacial score (nSPS) is 14.7. The summed E-state index contributed by atoms with van der Waals surface area (Å²) in [7, 11) is 2.19. The van der Waals surface area contributed by atoms with E-state index < -0.39 is 0 Å². The second kappa shape index (κ2) is 11.7. The lowest BCUT2D eigenvalue weighted by atomic mass is 9.94. The van der Waals surface area contributed by atoms with Crippen LogP contribution >= 0.6 is 24.8 Å². The van der Waals surface area contributed by atoms with Crippen LogP contribution < -0.4 is 11.1 Å². The number of carbonyl (C=O) groups is 1. The summed E-state index contributed by atoms with van der Waals surface area (Å²) < 4.78 is 0. The highest BCUT2D eigenvalue weighted by Gasteiger charge is 2.19. The molecule has 0 unspecified atom stereocenters. The molecule has 4 nitrogen and oxygen atoms in total. The van der Waals surface area contributed by atoms with Crippen LogP contribution in [0.1, 0.15) is 44.1 Å². The van der Waals surface area contributed by atoms with Gasteiger partial charge in [0.1, 0.15) is 0 Å². The number of amides is 1. The number of para-hydroxylation sites is 1. The largest absolute Gasteiger partial charge is 0.330 e. The van der Waals surface area contributed by atoms with Crippen molar-refractivity contribution in [2.24, 2.45) is 5.73 Å². The van der Waals surface area contributed by atoms with Crippen LogP contribution in [0.3, 0.4) is 0 Å². The molecule has 1 fully saturated rings. The highest BCUT2D eigenvalue weighted by Crippen LogP contribution is 2.24. The molecule has 2 rings (SSSR count). The van der Waals surface area contributed by atoms with Gasteiger partial charge in [-0.05, 0) is 31.5 Å². The third-order valence-electron chi connectivity index (χ3n) is 4.28. The minimum absolute atomic E-state index is 0. The molecule has 1 amide bonds. The van der Waals surface area contributed by atoms with E-state index >= 15 is 0 Å². The summed E-state index contributed by atoms with van der Waals surface area (Å²) in [6.45, 7) is 1.26. The molecule has 1 aromatic rings. The molecule has 0 spiro atoms. The van der Waals surface area contributed by atoms with E-state index in [4.69, 9.17) is 5.73 Å². The van der Waals surface area contributed by atoms with E-state index in [1.165, 1.54) is 37.7 Å². The number of nitrogens with zero attached hydrogens (tertiary/aromatic N) is 1. The van der Waals surface area contributed by atoms with Gasteiger partial charge >= 0.3 is 0 Å². The van der Waals surface area contributed by atoms with Gasteiger partial charge in [0, 0.05) is 31.2 Å². The Kier molecular flexibility index (Phi) is 11.3. The van der Waals surface area contributed by atoms with Crippen molar-refractivity contribution in [2.45, 2.75) is 51.1 Å². The Labute approximate surface area is 152 Å². The molecule has 0 saturated heterocycles. The Morgan fingerprint density at radius 1 is 1.22 bits per heavy atom. The molecular formula is C17H29Cl2N3O. The Balaban J connectivity index is 0.00000242. The molecule has 0 heterocycles. The van der Waals surface area contributed by atoms with Crippen molar-refractivity contribution >= 4 is 36.4 Å². The molecule has 23 heavy (non-hydrogen) atoms. The molecule has 0 radical (unpaired) electrons. The quantitative estimate of drug-likeness (QED) is 0.813. The van der Waals surface area contributed by atoms with Gasteiger partial charge in [0.25, 0.3) is 0 Å². The van der Waals surface area contributed by atoms with Crippen molar-refractivity contribution in [3.05, 3.63) is 29.8 Å². The first-order valence-corrected chi connectivity index (χ1v) is 7.98. The maximum Gasteiger partial charge on any atom is 0.225 e. The fourth-order valence-electron chi connectivity index (χ4n) is 3.04. The number of halogens is 2. The second-order valence-corrected chi connectivity index (χ2v) is 5.95. The van der Waals surface area contributed by atoms with Crippen molar-refractivity contribution in [1.29, 1.82) is 0 Å². The predicted octanol–water partition coefficient (Wildman–Crippen LogP) is 3.58. The monoisotopic (exact) mass is 361 g/mol. The highest BCUT2D eigenvalue weighted by atomic mass is 35.5. The van der Waals surface area contributed by atoms with Crippen molar-refractivity contribution in [3.8, 4) is 0 Å². The lowest BCUT2D eigenvalue weighted by Gasteiger charge is -2.31. The summed E-state index contributed by atoms with van der Waals surface area (Å²) in [6, 6.07) is 8.73. The number of benzene rings is 1. The topological polar surface area (TPSA) is 58.4 Å². The average Bonchev–Trinajstić information content (AvgIpc) is 2.50. The van der Waals surface area contributed by atoms with Crippen LogP contribution in [0.15, 0.2) is 24.3 Å². The summed E-state index contributed by atoms with van der Waals surface area (Å²) in [5.74, 6) is -0.00901. The Bertz CT molecular complexity index is 465. The van der Waals surface area contributed by atoms with Crippen molar-refractivity contribution < 1.29 is 4.79 Å². The fourth-order valence-corrected chi connectivity index (χ4v) is 3.04. The van der Waals surface area contributed by atoms with Crippen LogP contribution in [0.2, 0.25) is 0 Å². The van der Waals surface area contributed by atoms with Crippen LogP contribution in [0.5, 0.6) is 0 Å². The summed E-state index contributed by atoms with van der Waals surface area (Å²) in [6.07, 6.45) is 6.99. The molecular weight excluding hydrogens is 333 g/mol.